The van der Waals surface area contributed by atoms with Crippen LogP contribution in [0.15, 0.2) is 0 Å². The number of amides is 1. The number of carbonyl (C=O) groups is 2. The number of esters is 1. The van der Waals surface area contributed by atoms with Crippen molar-refractivity contribution in [3.05, 3.63) is 0 Å². The van der Waals surface area contributed by atoms with E-state index in [-0.39, 0.29) is 18.4 Å². The summed E-state index contributed by atoms with van der Waals surface area (Å²) in [4.78, 5) is 24.5. The topological polar surface area (TPSA) is 76.1 Å². The molecule has 1 saturated heterocycles. The molecule has 0 aromatic heterocycles. The lowest BCUT2D eigenvalue weighted by Gasteiger charge is -2.24. The van der Waals surface area contributed by atoms with Crippen molar-refractivity contribution in [2.24, 2.45) is 5.92 Å². The van der Waals surface area contributed by atoms with Gasteiger partial charge in [-0.25, -0.2) is 4.79 Å². The molecule has 2 atom stereocenters. The number of aliphatic hydroxyl groups excluding tert-OH is 1. The summed E-state index contributed by atoms with van der Waals surface area (Å²) in [6.45, 7) is 6.38. The fraction of sp³-hybridized carbons (Fsp3) is 0.846. The van der Waals surface area contributed by atoms with E-state index in [1.54, 1.807) is 4.90 Å². The molecule has 1 N–H and O–H groups in total. The molecule has 1 amide bonds. The zero-order valence-electron chi connectivity index (χ0n) is 12.0. The molecule has 1 aliphatic heterocycles. The first kappa shape index (κ1) is 15.8. The van der Waals surface area contributed by atoms with Gasteiger partial charge in [-0.05, 0) is 27.2 Å². The molecule has 6 heteroatoms. The molecule has 6 nitrogen and oxygen atoms in total. The molecule has 0 aromatic carbocycles. The Labute approximate surface area is 113 Å². The number of nitrogens with zero attached hydrogens (tertiary/aromatic N) is 1. The van der Waals surface area contributed by atoms with Crippen molar-refractivity contribution in [2.45, 2.75) is 45.3 Å². The Hall–Kier alpha value is -1.30. The van der Waals surface area contributed by atoms with Gasteiger partial charge in [0.05, 0.1) is 19.6 Å². The molecular formula is C13H23NO5. The highest BCUT2D eigenvalue weighted by molar-refractivity contribution is 5.70. The molecule has 0 saturated carbocycles. The molecular weight excluding hydrogens is 250 g/mol. The highest BCUT2D eigenvalue weighted by Gasteiger charge is 2.34. The van der Waals surface area contributed by atoms with Gasteiger partial charge in [-0.15, -0.1) is 0 Å². The predicted molar refractivity (Wildman–Crippen MR) is 68.6 cm³/mol. The quantitative estimate of drug-likeness (QED) is 0.781. The van der Waals surface area contributed by atoms with Crippen LogP contribution in [0, 0.1) is 5.92 Å². The molecule has 19 heavy (non-hydrogen) atoms. The third-order valence-electron chi connectivity index (χ3n) is 3.02. The number of methoxy groups -OCH3 is 1. The maximum atomic E-state index is 11.8. The summed E-state index contributed by atoms with van der Waals surface area (Å²) in [5, 5.41) is 9.90. The van der Waals surface area contributed by atoms with Crippen LogP contribution in [-0.4, -0.2) is 54.0 Å². The summed E-state index contributed by atoms with van der Waals surface area (Å²) in [5.74, 6) is -0.546. The second-order valence-electron chi connectivity index (χ2n) is 5.82. The summed E-state index contributed by atoms with van der Waals surface area (Å²) in [6.07, 6.45) is -0.527. The van der Waals surface area contributed by atoms with E-state index in [1.807, 2.05) is 20.8 Å². The number of rotatable bonds is 3. The number of hydrogen-bond donors (Lipinski definition) is 1. The molecule has 0 unspecified atom stereocenters. The Morgan fingerprint density at radius 1 is 1.42 bits per heavy atom. The maximum absolute atomic E-state index is 11.8. The Morgan fingerprint density at radius 2 is 2.05 bits per heavy atom. The van der Waals surface area contributed by atoms with Crippen LogP contribution in [0.5, 0.6) is 0 Å². The summed E-state index contributed by atoms with van der Waals surface area (Å²) in [6, 6.07) is 0. The maximum Gasteiger partial charge on any atom is 0.410 e. The van der Waals surface area contributed by atoms with Crippen molar-refractivity contribution in [3.8, 4) is 0 Å². The van der Waals surface area contributed by atoms with Gasteiger partial charge in [0.2, 0.25) is 0 Å². The second-order valence-corrected chi connectivity index (χ2v) is 5.82. The standard InChI is InChI=1S/C13H23NO5/c1-13(2,3)19-12(17)14-6-5-9(8-14)10(15)7-11(16)18-4/h9-10,15H,5-8H2,1-4H3/t9-,10-/m0/s1. The Morgan fingerprint density at radius 3 is 2.58 bits per heavy atom. The van der Waals surface area contributed by atoms with Crippen LogP contribution in [-0.2, 0) is 14.3 Å². The number of carbonyl (C=O) groups excluding carboxylic acids is 2. The van der Waals surface area contributed by atoms with Crippen molar-refractivity contribution < 1.29 is 24.2 Å². The lowest BCUT2D eigenvalue weighted by atomic mass is 9.99. The van der Waals surface area contributed by atoms with Crippen molar-refractivity contribution >= 4 is 12.1 Å². The van der Waals surface area contributed by atoms with Crippen LogP contribution < -0.4 is 0 Å². The van der Waals surface area contributed by atoms with Gasteiger partial charge >= 0.3 is 12.1 Å². The third-order valence-corrected chi connectivity index (χ3v) is 3.02. The van der Waals surface area contributed by atoms with Gasteiger partial charge in [-0.2, -0.15) is 0 Å². The summed E-state index contributed by atoms with van der Waals surface area (Å²) in [5.41, 5.74) is -0.528. The Balaban J connectivity index is 2.45. The first-order valence-corrected chi connectivity index (χ1v) is 6.45. The summed E-state index contributed by atoms with van der Waals surface area (Å²) in [7, 11) is 1.29. The van der Waals surface area contributed by atoms with Gasteiger partial charge < -0.3 is 19.5 Å². The minimum atomic E-state index is -0.778. The number of hydrogen-bond acceptors (Lipinski definition) is 5. The van der Waals surface area contributed by atoms with Crippen molar-refractivity contribution in [3.63, 3.8) is 0 Å². The Kier molecular flexibility index (Phi) is 5.17. The zero-order chi connectivity index (χ0) is 14.6. The monoisotopic (exact) mass is 273 g/mol. The van der Waals surface area contributed by atoms with E-state index < -0.39 is 17.7 Å². The second kappa shape index (κ2) is 6.23. The van der Waals surface area contributed by atoms with E-state index in [1.165, 1.54) is 7.11 Å². The van der Waals surface area contributed by atoms with E-state index in [4.69, 9.17) is 4.74 Å². The molecule has 0 bridgehead atoms. The molecule has 0 aromatic rings. The van der Waals surface area contributed by atoms with Crippen molar-refractivity contribution in [1.29, 1.82) is 0 Å². The van der Waals surface area contributed by atoms with Crippen LogP contribution in [0.1, 0.15) is 33.6 Å². The fourth-order valence-electron chi connectivity index (χ4n) is 2.01. The Bertz CT molecular complexity index is 336. The van der Waals surface area contributed by atoms with E-state index >= 15 is 0 Å². The van der Waals surface area contributed by atoms with Crippen LogP contribution in [0.4, 0.5) is 4.79 Å². The molecule has 0 aliphatic carbocycles. The lowest BCUT2D eigenvalue weighted by molar-refractivity contribution is -0.143. The van der Waals surface area contributed by atoms with Gasteiger partial charge in [0.25, 0.3) is 0 Å². The summed E-state index contributed by atoms with van der Waals surface area (Å²) < 4.78 is 9.78. The van der Waals surface area contributed by atoms with Crippen LogP contribution in [0.25, 0.3) is 0 Å². The van der Waals surface area contributed by atoms with E-state index in [0.717, 1.165) is 0 Å². The minimum Gasteiger partial charge on any atom is -0.469 e. The molecule has 1 aliphatic rings. The highest BCUT2D eigenvalue weighted by atomic mass is 16.6. The smallest absolute Gasteiger partial charge is 0.410 e. The normalized spacial score (nSPS) is 21.1. The predicted octanol–water partition coefficient (Wildman–Crippen LogP) is 1.17. The number of likely N-dealkylation sites (tertiary alicyclic amines) is 1. The van der Waals surface area contributed by atoms with E-state index in [9.17, 15) is 14.7 Å². The third kappa shape index (κ3) is 5.06. The first-order valence-electron chi connectivity index (χ1n) is 6.45. The van der Waals surface area contributed by atoms with Crippen molar-refractivity contribution in [2.75, 3.05) is 20.2 Å². The van der Waals surface area contributed by atoms with Gasteiger partial charge in [0.1, 0.15) is 5.60 Å². The van der Waals surface area contributed by atoms with Crippen LogP contribution in [0.2, 0.25) is 0 Å². The van der Waals surface area contributed by atoms with Crippen molar-refractivity contribution in [1.82, 2.24) is 4.90 Å². The average Bonchev–Trinajstić information content (AvgIpc) is 2.75. The number of aliphatic hydroxyl groups is 1. The molecule has 110 valence electrons. The minimum absolute atomic E-state index is 0.0384. The number of ether oxygens (including phenoxy) is 2. The molecule has 0 radical (unpaired) electrons. The highest BCUT2D eigenvalue weighted by Crippen LogP contribution is 2.23. The lowest BCUT2D eigenvalue weighted by Crippen LogP contribution is -2.36. The van der Waals surface area contributed by atoms with E-state index in [0.29, 0.717) is 19.5 Å². The molecule has 1 fully saturated rings. The summed E-state index contributed by atoms with van der Waals surface area (Å²) >= 11 is 0. The average molecular weight is 273 g/mol. The van der Waals surface area contributed by atoms with E-state index in [2.05, 4.69) is 4.74 Å². The van der Waals surface area contributed by atoms with Gasteiger partial charge in [0.15, 0.2) is 0 Å². The molecule has 0 spiro atoms. The van der Waals surface area contributed by atoms with Gasteiger partial charge in [-0.1, -0.05) is 0 Å². The first-order chi connectivity index (χ1) is 8.73. The van der Waals surface area contributed by atoms with Gasteiger partial charge in [-0.3, -0.25) is 4.79 Å². The van der Waals surface area contributed by atoms with Gasteiger partial charge in [0, 0.05) is 19.0 Å². The molecule has 1 rings (SSSR count). The van der Waals surface area contributed by atoms with Crippen LogP contribution in [0.3, 0.4) is 0 Å². The van der Waals surface area contributed by atoms with Crippen LogP contribution >= 0.6 is 0 Å². The SMILES string of the molecule is COC(=O)C[C@H](O)[C@H]1CCN(C(=O)OC(C)(C)C)C1. The zero-order valence-corrected chi connectivity index (χ0v) is 12.0. The largest absolute Gasteiger partial charge is 0.469 e. The fourth-order valence-corrected chi connectivity index (χ4v) is 2.01. The molecule has 1 heterocycles.